The molecular formula is C17H22FNO3S. The molecule has 0 spiro atoms. The lowest BCUT2D eigenvalue weighted by molar-refractivity contribution is -0.122. The van der Waals surface area contributed by atoms with Crippen molar-refractivity contribution in [3.05, 3.63) is 35.1 Å². The van der Waals surface area contributed by atoms with Crippen molar-refractivity contribution in [2.75, 3.05) is 18.1 Å². The molecule has 0 aromatic heterocycles. The Kier molecular flexibility index (Phi) is 4.71. The minimum Gasteiger partial charge on any atom is -0.356 e. The molecule has 0 radical (unpaired) electrons. The number of benzene rings is 1. The van der Waals surface area contributed by atoms with Gasteiger partial charge >= 0.3 is 0 Å². The van der Waals surface area contributed by atoms with Gasteiger partial charge in [0.1, 0.15) is 15.7 Å². The summed E-state index contributed by atoms with van der Waals surface area (Å²) >= 11 is 0. The average Bonchev–Trinajstić information content (AvgIpc) is 2.91. The maximum Gasteiger partial charge on any atom is 0.227 e. The van der Waals surface area contributed by atoms with Gasteiger partial charge in [0.25, 0.3) is 0 Å². The van der Waals surface area contributed by atoms with Crippen molar-refractivity contribution in [2.45, 2.75) is 38.0 Å². The molecule has 1 aromatic rings. The predicted molar refractivity (Wildman–Crippen MR) is 86.5 cm³/mol. The molecule has 4 nitrogen and oxygen atoms in total. The molecule has 3 rings (SSSR count). The van der Waals surface area contributed by atoms with Gasteiger partial charge in [-0.25, -0.2) is 12.8 Å². The van der Waals surface area contributed by atoms with Gasteiger partial charge in [-0.3, -0.25) is 4.79 Å². The van der Waals surface area contributed by atoms with E-state index in [1.54, 1.807) is 6.07 Å². The number of hydrogen-bond acceptors (Lipinski definition) is 3. The van der Waals surface area contributed by atoms with E-state index >= 15 is 0 Å². The van der Waals surface area contributed by atoms with Crippen LogP contribution in [0.3, 0.4) is 0 Å². The molecule has 1 amide bonds. The van der Waals surface area contributed by atoms with Gasteiger partial charge in [-0.1, -0.05) is 6.07 Å². The Balaban J connectivity index is 1.48. The number of nitrogens with one attached hydrogen (secondary N) is 1. The van der Waals surface area contributed by atoms with Crippen LogP contribution in [0.2, 0.25) is 0 Å². The van der Waals surface area contributed by atoms with Crippen LogP contribution in [-0.4, -0.2) is 32.4 Å². The zero-order chi connectivity index (χ0) is 16.4. The molecule has 1 N–H and O–H groups in total. The Morgan fingerprint density at radius 1 is 1.22 bits per heavy atom. The lowest BCUT2D eigenvalue weighted by Gasteiger charge is -2.22. The summed E-state index contributed by atoms with van der Waals surface area (Å²) in [7, 11) is -2.83. The molecule has 1 aliphatic carbocycles. The van der Waals surface area contributed by atoms with Crippen molar-refractivity contribution in [1.29, 1.82) is 0 Å². The summed E-state index contributed by atoms with van der Waals surface area (Å²) in [5.74, 6) is 0.484. The first-order valence-electron chi connectivity index (χ1n) is 8.21. The summed E-state index contributed by atoms with van der Waals surface area (Å²) in [6.07, 6.45) is 3.69. The van der Waals surface area contributed by atoms with Crippen molar-refractivity contribution in [3.8, 4) is 0 Å². The summed E-state index contributed by atoms with van der Waals surface area (Å²) in [5.41, 5.74) is 1.87. The monoisotopic (exact) mass is 339 g/mol. The van der Waals surface area contributed by atoms with E-state index in [1.165, 1.54) is 12.1 Å². The number of carbonyl (C=O) groups is 1. The molecule has 23 heavy (non-hydrogen) atoms. The first-order chi connectivity index (χ1) is 10.9. The summed E-state index contributed by atoms with van der Waals surface area (Å²) < 4.78 is 36.0. The number of aryl methyl sites for hydroxylation is 1. The number of hydrogen-bond donors (Lipinski definition) is 1. The first kappa shape index (κ1) is 16.4. The van der Waals surface area contributed by atoms with E-state index in [0.717, 1.165) is 30.4 Å². The number of rotatable bonds is 4. The molecule has 1 atom stereocenters. The zero-order valence-electron chi connectivity index (χ0n) is 13.1. The molecule has 0 bridgehead atoms. The fraction of sp³-hybridized carbons (Fsp3) is 0.588. The Hall–Kier alpha value is -1.43. The fourth-order valence-electron chi connectivity index (χ4n) is 3.61. The van der Waals surface area contributed by atoms with Crippen molar-refractivity contribution in [2.24, 2.45) is 5.92 Å². The molecular weight excluding hydrogens is 317 g/mol. The Labute approximate surface area is 136 Å². The second-order valence-corrected chi connectivity index (χ2v) is 8.91. The smallest absolute Gasteiger partial charge is 0.227 e. The Morgan fingerprint density at radius 2 is 1.96 bits per heavy atom. The van der Waals surface area contributed by atoms with E-state index in [2.05, 4.69) is 5.32 Å². The number of fused-ring (bicyclic) bond motifs is 1. The van der Waals surface area contributed by atoms with Gasteiger partial charge in [0, 0.05) is 6.54 Å². The second kappa shape index (κ2) is 6.59. The van der Waals surface area contributed by atoms with Crippen molar-refractivity contribution in [1.82, 2.24) is 5.32 Å². The third kappa shape index (κ3) is 3.91. The highest BCUT2D eigenvalue weighted by Gasteiger charge is 2.29. The summed E-state index contributed by atoms with van der Waals surface area (Å²) in [4.78, 5) is 12.3. The summed E-state index contributed by atoms with van der Waals surface area (Å²) in [6, 6.07) is 4.64. The SMILES string of the molecule is O=C(NCCC1CCS(=O)(=O)CC1)C1CCc2cc(F)ccc21. The van der Waals surface area contributed by atoms with Crippen LogP contribution in [0.4, 0.5) is 4.39 Å². The first-order valence-corrected chi connectivity index (χ1v) is 10.0. The standard InChI is InChI=1S/C17H22FNO3S/c18-14-2-4-15-13(11-14)1-3-16(15)17(20)19-8-5-12-6-9-23(21,22)10-7-12/h2,4,11-12,16H,1,3,5-10H2,(H,19,20). The van der Waals surface area contributed by atoms with Crippen LogP contribution in [0.15, 0.2) is 18.2 Å². The number of sulfone groups is 1. The summed E-state index contributed by atoms with van der Waals surface area (Å²) in [6.45, 7) is 0.580. The van der Waals surface area contributed by atoms with Crippen LogP contribution in [-0.2, 0) is 21.1 Å². The molecule has 1 unspecified atom stereocenters. The number of carbonyl (C=O) groups excluding carboxylic acids is 1. The largest absolute Gasteiger partial charge is 0.356 e. The molecule has 2 aliphatic rings. The molecule has 1 saturated heterocycles. The maximum absolute atomic E-state index is 13.2. The normalized spacial score (nSPS) is 23.4. The minimum atomic E-state index is -2.83. The molecule has 1 heterocycles. The van der Waals surface area contributed by atoms with Gasteiger partial charge in [0.15, 0.2) is 0 Å². The lowest BCUT2D eigenvalue weighted by atomic mass is 9.98. The maximum atomic E-state index is 13.2. The fourth-order valence-corrected chi connectivity index (χ4v) is 5.20. The average molecular weight is 339 g/mol. The van der Waals surface area contributed by atoms with Crippen LogP contribution < -0.4 is 5.32 Å². The molecule has 126 valence electrons. The Bertz CT molecular complexity index is 688. The van der Waals surface area contributed by atoms with Crippen LogP contribution in [0.1, 0.15) is 42.7 Å². The predicted octanol–water partition coefficient (Wildman–Crippen LogP) is 2.19. The molecule has 1 aliphatic heterocycles. The molecule has 6 heteroatoms. The van der Waals surface area contributed by atoms with E-state index in [-0.39, 0.29) is 29.1 Å². The number of halogens is 1. The molecule has 1 fully saturated rings. The van der Waals surface area contributed by atoms with Crippen LogP contribution in [0.5, 0.6) is 0 Å². The van der Waals surface area contributed by atoms with Crippen molar-refractivity contribution < 1.29 is 17.6 Å². The van der Waals surface area contributed by atoms with Crippen molar-refractivity contribution >= 4 is 15.7 Å². The van der Waals surface area contributed by atoms with Crippen LogP contribution in [0, 0.1) is 11.7 Å². The quantitative estimate of drug-likeness (QED) is 0.914. The van der Waals surface area contributed by atoms with E-state index < -0.39 is 9.84 Å². The van der Waals surface area contributed by atoms with E-state index in [4.69, 9.17) is 0 Å². The molecule has 1 aromatic carbocycles. The zero-order valence-corrected chi connectivity index (χ0v) is 13.9. The summed E-state index contributed by atoms with van der Waals surface area (Å²) in [5, 5.41) is 2.97. The van der Waals surface area contributed by atoms with E-state index in [0.29, 0.717) is 25.3 Å². The van der Waals surface area contributed by atoms with Crippen LogP contribution in [0.25, 0.3) is 0 Å². The second-order valence-electron chi connectivity index (χ2n) is 6.61. The van der Waals surface area contributed by atoms with E-state index in [1.807, 2.05) is 0 Å². The highest BCUT2D eigenvalue weighted by Crippen LogP contribution is 2.33. The molecule has 0 saturated carbocycles. The highest BCUT2D eigenvalue weighted by molar-refractivity contribution is 7.91. The van der Waals surface area contributed by atoms with Crippen molar-refractivity contribution in [3.63, 3.8) is 0 Å². The highest BCUT2D eigenvalue weighted by atomic mass is 32.2. The van der Waals surface area contributed by atoms with Gasteiger partial charge in [0.2, 0.25) is 5.91 Å². The van der Waals surface area contributed by atoms with Crippen LogP contribution >= 0.6 is 0 Å². The third-order valence-electron chi connectivity index (χ3n) is 5.03. The Morgan fingerprint density at radius 3 is 2.70 bits per heavy atom. The van der Waals surface area contributed by atoms with E-state index in [9.17, 15) is 17.6 Å². The minimum absolute atomic E-state index is 0.00112. The van der Waals surface area contributed by atoms with Gasteiger partial charge in [-0.2, -0.15) is 0 Å². The number of amides is 1. The van der Waals surface area contributed by atoms with Gasteiger partial charge in [-0.05, 0) is 61.3 Å². The van der Waals surface area contributed by atoms with Gasteiger partial charge in [0.05, 0.1) is 17.4 Å². The van der Waals surface area contributed by atoms with Gasteiger partial charge < -0.3 is 5.32 Å². The topological polar surface area (TPSA) is 63.2 Å². The third-order valence-corrected chi connectivity index (χ3v) is 6.74. The van der Waals surface area contributed by atoms with Gasteiger partial charge in [-0.15, -0.1) is 0 Å². The lowest BCUT2D eigenvalue weighted by Crippen LogP contribution is -2.32.